The number of morpholine rings is 1. The number of hydroxylamine groups is 1. The van der Waals surface area contributed by atoms with Gasteiger partial charge in [0.15, 0.2) is 0 Å². The van der Waals surface area contributed by atoms with E-state index in [4.69, 9.17) is 9.57 Å². The number of amides is 1. The van der Waals surface area contributed by atoms with E-state index in [0.29, 0.717) is 13.0 Å². The normalized spacial score (nSPS) is 16.7. The molecule has 5 nitrogen and oxygen atoms in total. The molecule has 0 radical (unpaired) electrons. The molecule has 1 heterocycles. The maximum Gasteiger partial charge on any atom is 0.243 e. The van der Waals surface area contributed by atoms with Gasteiger partial charge in [0, 0.05) is 26.1 Å². The lowest BCUT2D eigenvalue weighted by Gasteiger charge is -2.26. The predicted molar refractivity (Wildman–Crippen MR) is 70.1 cm³/mol. The smallest absolute Gasteiger partial charge is 0.243 e. The van der Waals surface area contributed by atoms with E-state index < -0.39 is 0 Å². The molecule has 0 aliphatic carbocycles. The number of rotatable bonds is 9. The van der Waals surface area contributed by atoms with Gasteiger partial charge in [-0.25, -0.2) is 5.48 Å². The van der Waals surface area contributed by atoms with Gasteiger partial charge in [0.2, 0.25) is 5.91 Å². The van der Waals surface area contributed by atoms with Crippen molar-refractivity contribution in [3.05, 3.63) is 0 Å². The van der Waals surface area contributed by atoms with Crippen molar-refractivity contribution in [1.29, 1.82) is 0 Å². The van der Waals surface area contributed by atoms with Crippen LogP contribution in [0.4, 0.5) is 0 Å². The molecule has 1 amide bonds. The van der Waals surface area contributed by atoms with Gasteiger partial charge in [-0.3, -0.25) is 14.5 Å². The van der Waals surface area contributed by atoms with Crippen LogP contribution in [0.15, 0.2) is 0 Å². The van der Waals surface area contributed by atoms with Crippen molar-refractivity contribution >= 4 is 5.91 Å². The van der Waals surface area contributed by atoms with E-state index in [9.17, 15) is 4.79 Å². The highest BCUT2D eigenvalue weighted by Gasteiger charge is 2.09. The number of hydrogen-bond acceptors (Lipinski definition) is 4. The van der Waals surface area contributed by atoms with E-state index in [1.54, 1.807) is 0 Å². The van der Waals surface area contributed by atoms with Gasteiger partial charge in [0.25, 0.3) is 0 Å². The molecule has 18 heavy (non-hydrogen) atoms. The Morgan fingerprint density at radius 1 is 1.28 bits per heavy atom. The molecule has 0 bridgehead atoms. The van der Waals surface area contributed by atoms with E-state index in [2.05, 4.69) is 17.3 Å². The number of nitrogens with one attached hydrogen (secondary N) is 1. The van der Waals surface area contributed by atoms with E-state index in [0.717, 1.165) is 45.7 Å². The SMILES string of the molecule is CCCCCCC(=O)NOCCN1CCOCC1. The fraction of sp³-hybridized carbons (Fsp3) is 0.923. The van der Waals surface area contributed by atoms with Crippen LogP contribution in [0.3, 0.4) is 0 Å². The predicted octanol–water partition coefficient (Wildman–Crippen LogP) is 1.34. The molecule has 0 spiro atoms. The second kappa shape index (κ2) is 10.3. The van der Waals surface area contributed by atoms with Gasteiger partial charge in [-0.1, -0.05) is 26.2 Å². The first-order valence-corrected chi connectivity index (χ1v) is 7.03. The second-order valence-corrected chi connectivity index (χ2v) is 4.64. The molecule has 0 aromatic carbocycles. The molecule has 106 valence electrons. The summed E-state index contributed by atoms with van der Waals surface area (Å²) in [6.07, 6.45) is 5.03. The minimum atomic E-state index is -0.00641. The van der Waals surface area contributed by atoms with Crippen molar-refractivity contribution in [2.45, 2.75) is 39.0 Å². The highest BCUT2D eigenvalue weighted by molar-refractivity contribution is 5.74. The molecule has 1 saturated heterocycles. The van der Waals surface area contributed by atoms with Crippen LogP contribution in [-0.2, 0) is 14.4 Å². The number of hydrogen-bond donors (Lipinski definition) is 1. The Morgan fingerprint density at radius 2 is 2.06 bits per heavy atom. The summed E-state index contributed by atoms with van der Waals surface area (Å²) in [7, 11) is 0. The summed E-state index contributed by atoms with van der Waals surface area (Å²) in [6.45, 7) is 7.05. The standard InChI is InChI=1S/C13H26N2O3/c1-2-3-4-5-6-13(16)14-18-12-9-15-7-10-17-11-8-15/h2-12H2,1H3,(H,14,16). The minimum Gasteiger partial charge on any atom is -0.379 e. The van der Waals surface area contributed by atoms with E-state index in [-0.39, 0.29) is 5.91 Å². The Balaban J connectivity index is 1.88. The highest BCUT2D eigenvalue weighted by Crippen LogP contribution is 2.02. The topological polar surface area (TPSA) is 50.8 Å². The lowest BCUT2D eigenvalue weighted by Crippen LogP contribution is -2.39. The maximum atomic E-state index is 11.4. The summed E-state index contributed by atoms with van der Waals surface area (Å²) in [5, 5.41) is 0. The molecule has 5 heteroatoms. The third-order valence-corrected chi connectivity index (χ3v) is 3.06. The number of ether oxygens (including phenoxy) is 1. The number of carbonyl (C=O) groups is 1. The van der Waals surface area contributed by atoms with Crippen molar-refractivity contribution in [2.75, 3.05) is 39.5 Å². The molecule has 1 N–H and O–H groups in total. The first-order chi connectivity index (χ1) is 8.83. The van der Waals surface area contributed by atoms with Crippen LogP contribution in [0.5, 0.6) is 0 Å². The van der Waals surface area contributed by atoms with Crippen LogP contribution >= 0.6 is 0 Å². The Bertz CT molecular complexity index is 218. The van der Waals surface area contributed by atoms with Crippen molar-refractivity contribution in [1.82, 2.24) is 10.4 Å². The van der Waals surface area contributed by atoms with Gasteiger partial charge in [-0.2, -0.15) is 0 Å². The lowest BCUT2D eigenvalue weighted by atomic mass is 10.1. The molecule has 0 aromatic rings. The van der Waals surface area contributed by atoms with Gasteiger partial charge in [0.05, 0.1) is 19.8 Å². The monoisotopic (exact) mass is 258 g/mol. The Hall–Kier alpha value is -0.650. The first kappa shape index (κ1) is 15.4. The van der Waals surface area contributed by atoms with E-state index in [1.807, 2.05) is 0 Å². The largest absolute Gasteiger partial charge is 0.379 e. The zero-order chi connectivity index (χ0) is 13.1. The molecule has 1 aliphatic rings. The summed E-state index contributed by atoms with van der Waals surface area (Å²) in [5.41, 5.74) is 2.50. The average Bonchev–Trinajstić information content (AvgIpc) is 2.41. The molecular weight excluding hydrogens is 232 g/mol. The van der Waals surface area contributed by atoms with Crippen LogP contribution < -0.4 is 5.48 Å². The minimum absolute atomic E-state index is 0.00641. The van der Waals surface area contributed by atoms with E-state index in [1.165, 1.54) is 12.8 Å². The zero-order valence-electron chi connectivity index (χ0n) is 11.5. The summed E-state index contributed by atoms with van der Waals surface area (Å²) >= 11 is 0. The van der Waals surface area contributed by atoms with Crippen molar-refractivity contribution in [3.8, 4) is 0 Å². The maximum absolute atomic E-state index is 11.4. The van der Waals surface area contributed by atoms with Crippen molar-refractivity contribution in [2.24, 2.45) is 0 Å². The van der Waals surface area contributed by atoms with E-state index >= 15 is 0 Å². The highest BCUT2D eigenvalue weighted by atomic mass is 16.7. The number of nitrogens with zero attached hydrogens (tertiary/aromatic N) is 1. The fourth-order valence-electron chi connectivity index (χ4n) is 1.89. The quantitative estimate of drug-likeness (QED) is 0.501. The molecule has 0 saturated carbocycles. The third kappa shape index (κ3) is 7.63. The van der Waals surface area contributed by atoms with Gasteiger partial charge in [-0.15, -0.1) is 0 Å². The van der Waals surface area contributed by atoms with Gasteiger partial charge < -0.3 is 4.74 Å². The van der Waals surface area contributed by atoms with Crippen LogP contribution in [0.2, 0.25) is 0 Å². The molecule has 0 unspecified atom stereocenters. The lowest BCUT2D eigenvalue weighted by molar-refractivity contribution is -0.134. The molecular formula is C13H26N2O3. The number of carbonyl (C=O) groups excluding carboxylic acids is 1. The Kier molecular flexibility index (Phi) is 8.81. The van der Waals surface area contributed by atoms with Crippen molar-refractivity contribution < 1.29 is 14.4 Å². The summed E-state index contributed by atoms with van der Waals surface area (Å²) < 4.78 is 5.26. The van der Waals surface area contributed by atoms with Crippen LogP contribution in [0.25, 0.3) is 0 Å². The molecule has 1 rings (SSSR count). The van der Waals surface area contributed by atoms with Gasteiger partial charge in [0.1, 0.15) is 0 Å². The molecule has 1 fully saturated rings. The summed E-state index contributed by atoms with van der Waals surface area (Å²) in [6, 6.07) is 0. The second-order valence-electron chi connectivity index (χ2n) is 4.64. The number of unbranched alkanes of at least 4 members (excludes halogenated alkanes) is 3. The molecule has 0 aromatic heterocycles. The third-order valence-electron chi connectivity index (χ3n) is 3.06. The van der Waals surface area contributed by atoms with Crippen molar-refractivity contribution in [3.63, 3.8) is 0 Å². The summed E-state index contributed by atoms with van der Waals surface area (Å²) in [5.74, 6) is -0.00641. The zero-order valence-corrected chi connectivity index (χ0v) is 11.5. The first-order valence-electron chi connectivity index (χ1n) is 7.03. The Morgan fingerprint density at radius 3 is 2.78 bits per heavy atom. The Labute approximate surface area is 110 Å². The molecule has 0 atom stereocenters. The fourth-order valence-corrected chi connectivity index (χ4v) is 1.89. The van der Waals surface area contributed by atoms with Crippen LogP contribution in [0.1, 0.15) is 39.0 Å². The van der Waals surface area contributed by atoms with Gasteiger partial charge >= 0.3 is 0 Å². The van der Waals surface area contributed by atoms with Crippen LogP contribution in [0, 0.1) is 0 Å². The van der Waals surface area contributed by atoms with Crippen LogP contribution in [-0.4, -0.2) is 50.3 Å². The summed E-state index contributed by atoms with van der Waals surface area (Å²) in [4.78, 5) is 18.8. The van der Waals surface area contributed by atoms with Gasteiger partial charge in [-0.05, 0) is 6.42 Å². The molecule has 1 aliphatic heterocycles. The average molecular weight is 258 g/mol.